The molecule has 6 rings (SSSR count). The number of carbonyl (C=O) groups is 2. The number of nitrogens with one attached hydrogen (secondary N) is 2. The normalized spacial score (nSPS) is 22.4. The topological polar surface area (TPSA) is 125 Å². The average molecular weight is 682 g/mol. The minimum atomic E-state index is -0.611. The predicted octanol–water partition coefficient (Wildman–Crippen LogP) is 7.83. The molecule has 268 valence electrons. The molecule has 1 atom stereocenters. The Hall–Kier alpha value is -4.08. The Balaban J connectivity index is 1.31. The summed E-state index contributed by atoms with van der Waals surface area (Å²) in [7, 11) is 0. The number of tetrazole rings is 1. The molecule has 0 unspecified atom stereocenters. The summed E-state index contributed by atoms with van der Waals surface area (Å²) < 4.78 is 6.18. The first-order chi connectivity index (χ1) is 23.6. The van der Waals surface area contributed by atoms with E-state index >= 15 is 0 Å². The van der Waals surface area contributed by atoms with E-state index in [1.54, 1.807) is 0 Å². The van der Waals surface area contributed by atoms with Gasteiger partial charge in [0.05, 0.1) is 19.2 Å². The summed E-state index contributed by atoms with van der Waals surface area (Å²) in [6, 6.07) is 15.4. The lowest BCUT2D eigenvalue weighted by molar-refractivity contribution is -0.133. The van der Waals surface area contributed by atoms with Crippen LogP contribution < -0.4 is 10.1 Å². The standard InChI is InChI=1S/C40H55N7O3/c1-37(2,3)18-17-32(27-11-13-28(14-12-27)35(48)41-26-33-43-45-46-44-33)47-36(49)34(29-9-8-10-31(25-29)50-24-23-38(4,5)6)42-40(47)19-15-30(16-20-40)39(7)21-22-39/h8-14,25,30,32H,15-24,26H2,1-7H3,(H,41,48)(H,43,44,45,46)/t30?,32-,40?/m1/s1. The number of ether oxygens (including phenoxy) is 1. The Morgan fingerprint density at radius 3 is 2.32 bits per heavy atom. The van der Waals surface area contributed by atoms with Crippen molar-refractivity contribution < 1.29 is 14.3 Å². The van der Waals surface area contributed by atoms with E-state index in [0.717, 1.165) is 61.8 Å². The molecular weight excluding hydrogens is 626 g/mol. The van der Waals surface area contributed by atoms with Gasteiger partial charge in [-0.2, -0.15) is 5.21 Å². The molecule has 0 radical (unpaired) electrons. The fourth-order valence-corrected chi connectivity index (χ4v) is 7.57. The third kappa shape index (κ3) is 8.27. The van der Waals surface area contributed by atoms with Gasteiger partial charge in [-0.3, -0.25) is 14.6 Å². The van der Waals surface area contributed by atoms with E-state index in [4.69, 9.17) is 9.73 Å². The van der Waals surface area contributed by atoms with Gasteiger partial charge < -0.3 is 15.0 Å². The minimum Gasteiger partial charge on any atom is -0.494 e. The molecular formula is C40H55N7O3. The van der Waals surface area contributed by atoms with Gasteiger partial charge in [0.15, 0.2) is 5.82 Å². The number of aromatic nitrogens is 4. The number of carbonyl (C=O) groups excluding carboxylic acids is 2. The van der Waals surface area contributed by atoms with Crippen LogP contribution in [0, 0.1) is 22.2 Å². The van der Waals surface area contributed by atoms with Crippen molar-refractivity contribution in [2.24, 2.45) is 27.2 Å². The first-order valence-corrected chi connectivity index (χ1v) is 18.4. The van der Waals surface area contributed by atoms with Gasteiger partial charge in [0.25, 0.3) is 11.8 Å². The number of hydrogen-bond donors (Lipinski definition) is 2. The fourth-order valence-electron chi connectivity index (χ4n) is 7.57. The molecule has 10 nitrogen and oxygen atoms in total. The lowest BCUT2D eigenvalue weighted by Crippen LogP contribution is -2.51. The van der Waals surface area contributed by atoms with Crippen LogP contribution >= 0.6 is 0 Å². The van der Waals surface area contributed by atoms with Crippen LogP contribution in [0.2, 0.25) is 0 Å². The van der Waals surface area contributed by atoms with Crippen molar-refractivity contribution in [3.63, 3.8) is 0 Å². The number of aliphatic imine (C=N–C) groups is 1. The van der Waals surface area contributed by atoms with Crippen molar-refractivity contribution in [2.45, 2.75) is 125 Å². The van der Waals surface area contributed by atoms with Gasteiger partial charge in [0, 0.05) is 11.1 Å². The minimum absolute atomic E-state index is 0.0197. The number of hydrogen-bond acceptors (Lipinski definition) is 7. The summed E-state index contributed by atoms with van der Waals surface area (Å²) in [6.07, 6.45) is 9.09. The highest BCUT2D eigenvalue weighted by Gasteiger charge is 2.55. The molecule has 2 saturated carbocycles. The van der Waals surface area contributed by atoms with Crippen molar-refractivity contribution in [2.75, 3.05) is 6.61 Å². The zero-order chi connectivity index (χ0) is 35.7. The SMILES string of the molecule is CC(C)(C)CCOc1cccc(C2=NC3(CCC(C4(C)CC4)CC3)N([C@H](CCC(C)(C)C)c3ccc(C(=O)NCc4nn[nH]n4)cc3)C2=O)c1. The summed E-state index contributed by atoms with van der Waals surface area (Å²) in [5.41, 5.74) is 2.96. The van der Waals surface area contributed by atoms with Crippen molar-refractivity contribution in [1.29, 1.82) is 0 Å². The lowest BCUT2D eigenvalue weighted by Gasteiger charge is -2.46. The molecule has 2 N–H and O–H groups in total. The number of amides is 2. The third-order valence-corrected chi connectivity index (χ3v) is 11.1. The first kappa shape index (κ1) is 35.7. The molecule has 2 heterocycles. The van der Waals surface area contributed by atoms with Gasteiger partial charge in [-0.05, 0) is 110 Å². The Morgan fingerprint density at radius 1 is 1.00 bits per heavy atom. The molecule has 0 saturated heterocycles. The first-order valence-electron chi connectivity index (χ1n) is 18.4. The maximum atomic E-state index is 14.9. The van der Waals surface area contributed by atoms with Crippen molar-refractivity contribution >= 4 is 17.5 Å². The van der Waals surface area contributed by atoms with Crippen molar-refractivity contribution in [1.82, 2.24) is 30.8 Å². The van der Waals surface area contributed by atoms with E-state index in [1.807, 2.05) is 48.5 Å². The van der Waals surface area contributed by atoms with Crippen LogP contribution in [0.4, 0.5) is 0 Å². The monoisotopic (exact) mass is 681 g/mol. The largest absolute Gasteiger partial charge is 0.494 e. The highest BCUT2D eigenvalue weighted by atomic mass is 16.5. The van der Waals surface area contributed by atoms with Crippen LogP contribution in [0.25, 0.3) is 0 Å². The average Bonchev–Trinajstić information content (AvgIpc) is 3.48. The van der Waals surface area contributed by atoms with Gasteiger partial charge in [-0.15, -0.1) is 10.2 Å². The Labute approximate surface area is 297 Å². The van der Waals surface area contributed by atoms with Gasteiger partial charge in [-0.1, -0.05) is 77.9 Å². The smallest absolute Gasteiger partial charge is 0.275 e. The second-order valence-corrected chi connectivity index (χ2v) is 17.5. The summed E-state index contributed by atoms with van der Waals surface area (Å²) in [5.74, 6) is 1.61. The molecule has 1 aromatic heterocycles. The van der Waals surface area contributed by atoms with Gasteiger partial charge in [-0.25, -0.2) is 0 Å². The molecule has 10 heteroatoms. The molecule has 1 spiro atoms. The van der Waals surface area contributed by atoms with Crippen molar-refractivity contribution in [3.8, 4) is 5.75 Å². The fraction of sp³-hybridized carbons (Fsp3) is 0.600. The molecule has 2 aliphatic carbocycles. The van der Waals surface area contributed by atoms with Gasteiger partial charge in [0.1, 0.15) is 17.1 Å². The molecule has 0 bridgehead atoms. The summed E-state index contributed by atoms with van der Waals surface area (Å²) in [5, 5.41) is 16.6. The molecule has 3 aromatic rings. The molecule has 3 aliphatic rings. The number of aromatic amines is 1. The van der Waals surface area contributed by atoms with Gasteiger partial charge >= 0.3 is 0 Å². The maximum absolute atomic E-state index is 14.9. The van der Waals surface area contributed by atoms with Crippen LogP contribution in [0.3, 0.4) is 0 Å². The Bertz CT molecular complexity index is 1670. The highest BCUT2D eigenvalue weighted by molar-refractivity contribution is 6.46. The molecule has 2 amide bonds. The van der Waals surface area contributed by atoms with E-state index in [2.05, 4.69) is 79.3 Å². The van der Waals surface area contributed by atoms with Crippen molar-refractivity contribution in [3.05, 3.63) is 71.0 Å². The number of H-pyrrole nitrogens is 1. The van der Waals surface area contributed by atoms with E-state index in [9.17, 15) is 9.59 Å². The molecule has 2 aromatic carbocycles. The molecule has 50 heavy (non-hydrogen) atoms. The number of benzene rings is 2. The summed E-state index contributed by atoms with van der Waals surface area (Å²) in [6.45, 7) is 16.6. The second-order valence-electron chi connectivity index (χ2n) is 17.5. The highest BCUT2D eigenvalue weighted by Crippen LogP contribution is 2.58. The second kappa shape index (κ2) is 13.9. The van der Waals surface area contributed by atoms with Gasteiger partial charge in [0.2, 0.25) is 0 Å². The zero-order valence-corrected chi connectivity index (χ0v) is 31.0. The zero-order valence-electron chi connectivity index (χ0n) is 31.0. The predicted molar refractivity (Wildman–Crippen MR) is 195 cm³/mol. The van der Waals surface area contributed by atoms with E-state index in [-0.39, 0.29) is 35.2 Å². The quantitative estimate of drug-likeness (QED) is 0.201. The Morgan fingerprint density at radius 2 is 1.70 bits per heavy atom. The van der Waals surface area contributed by atoms with E-state index in [1.165, 1.54) is 12.8 Å². The van der Waals surface area contributed by atoms with E-state index in [0.29, 0.717) is 35.0 Å². The van der Waals surface area contributed by atoms with Crippen LogP contribution in [0.5, 0.6) is 5.75 Å². The molecule has 1 aliphatic heterocycles. The van der Waals surface area contributed by atoms with Crippen LogP contribution in [0.15, 0.2) is 53.5 Å². The summed E-state index contributed by atoms with van der Waals surface area (Å²) >= 11 is 0. The van der Waals surface area contributed by atoms with Crippen LogP contribution in [-0.4, -0.2) is 55.3 Å². The maximum Gasteiger partial charge on any atom is 0.275 e. The number of rotatable bonds is 12. The third-order valence-electron chi connectivity index (χ3n) is 11.1. The van der Waals surface area contributed by atoms with Crippen LogP contribution in [-0.2, 0) is 11.3 Å². The molecule has 2 fully saturated rings. The van der Waals surface area contributed by atoms with Crippen LogP contribution in [0.1, 0.15) is 140 Å². The summed E-state index contributed by atoms with van der Waals surface area (Å²) in [4.78, 5) is 35.5. The van der Waals surface area contributed by atoms with E-state index < -0.39 is 5.66 Å². The Kier molecular flexibility index (Phi) is 9.94. The number of nitrogens with zero attached hydrogens (tertiary/aromatic N) is 5. The lowest BCUT2D eigenvalue weighted by atomic mass is 9.73.